The second kappa shape index (κ2) is 4.29. The molecule has 15 heavy (non-hydrogen) atoms. The highest BCUT2D eigenvalue weighted by Gasteiger charge is 2.16. The van der Waals surface area contributed by atoms with Crippen molar-refractivity contribution < 1.29 is 4.42 Å². The van der Waals surface area contributed by atoms with Gasteiger partial charge in [0.05, 0.1) is 6.26 Å². The lowest BCUT2D eigenvalue weighted by molar-refractivity contribution is 0.451. The van der Waals surface area contributed by atoms with Crippen LogP contribution < -0.4 is 11.3 Å². The molecule has 2 aromatic rings. The zero-order valence-corrected chi connectivity index (χ0v) is 8.60. The van der Waals surface area contributed by atoms with Crippen LogP contribution in [0.3, 0.4) is 0 Å². The van der Waals surface area contributed by atoms with Gasteiger partial charge in [-0.3, -0.25) is 5.84 Å². The first-order chi connectivity index (χ1) is 7.33. The number of hydrazine groups is 1. The molecule has 0 aliphatic rings. The number of hydrogen-bond acceptors (Lipinski definition) is 3. The summed E-state index contributed by atoms with van der Waals surface area (Å²) in [5.74, 6) is 6.38. The second-order valence-corrected chi connectivity index (χ2v) is 3.47. The van der Waals surface area contributed by atoms with Gasteiger partial charge in [0.15, 0.2) is 0 Å². The van der Waals surface area contributed by atoms with Gasteiger partial charge in [0.2, 0.25) is 0 Å². The van der Waals surface area contributed by atoms with Gasteiger partial charge in [0.1, 0.15) is 11.8 Å². The maximum atomic E-state index is 5.55. The summed E-state index contributed by atoms with van der Waals surface area (Å²) in [5, 5.41) is 0. The number of rotatable bonds is 3. The van der Waals surface area contributed by atoms with Crippen molar-refractivity contribution in [2.24, 2.45) is 5.84 Å². The average molecular weight is 202 g/mol. The van der Waals surface area contributed by atoms with Gasteiger partial charge in [0, 0.05) is 0 Å². The third-order valence-electron chi connectivity index (χ3n) is 2.49. The molecule has 0 amide bonds. The number of aryl methyl sites for hydroxylation is 1. The summed E-state index contributed by atoms with van der Waals surface area (Å²) in [6, 6.07) is 11.8. The Kier molecular flexibility index (Phi) is 2.85. The van der Waals surface area contributed by atoms with Crippen molar-refractivity contribution in [2.45, 2.75) is 13.0 Å². The van der Waals surface area contributed by atoms with Crippen molar-refractivity contribution in [3.63, 3.8) is 0 Å². The lowest BCUT2D eigenvalue weighted by Crippen LogP contribution is -2.29. The molecule has 1 atom stereocenters. The molecule has 3 heteroatoms. The van der Waals surface area contributed by atoms with Crippen LogP contribution in [0, 0.1) is 6.92 Å². The number of furan rings is 1. The van der Waals surface area contributed by atoms with Crippen molar-refractivity contribution in [2.75, 3.05) is 0 Å². The molecule has 0 aliphatic carbocycles. The van der Waals surface area contributed by atoms with Crippen LogP contribution >= 0.6 is 0 Å². The van der Waals surface area contributed by atoms with E-state index in [0.717, 1.165) is 11.3 Å². The van der Waals surface area contributed by atoms with E-state index < -0.39 is 0 Å². The third-order valence-corrected chi connectivity index (χ3v) is 2.49. The summed E-state index contributed by atoms with van der Waals surface area (Å²) in [4.78, 5) is 0. The van der Waals surface area contributed by atoms with Crippen molar-refractivity contribution in [3.05, 3.63) is 59.5 Å². The summed E-state index contributed by atoms with van der Waals surface area (Å²) in [5.41, 5.74) is 5.09. The van der Waals surface area contributed by atoms with E-state index in [2.05, 4.69) is 18.4 Å². The second-order valence-electron chi connectivity index (χ2n) is 3.47. The molecule has 3 nitrogen and oxygen atoms in total. The predicted molar refractivity (Wildman–Crippen MR) is 59.1 cm³/mol. The Labute approximate surface area is 88.9 Å². The SMILES string of the molecule is Cc1ccccc1C(NN)c1ccco1. The molecule has 1 aromatic heterocycles. The standard InChI is InChI=1S/C12H14N2O/c1-9-5-2-3-6-10(9)12(14-13)11-7-4-8-15-11/h2-8,12,14H,13H2,1H3. The normalized spacial score (nSPS) is 12.7. The van der Waals surface area contributed by atoms with Crippen molar-refractivity contribution in [1.82, 2.24) is 5.43 Å². The van der Waals surface area contributed by atoms with Gasteiger partial charge in [-0.2, -0.15) is 0 Å². The van der Waals surface area contributed by atoms with Gasteiger partial charge in [-0.1, -0.05) is 24.3 Å². The lowest BCUT2D eigenvalue weighted by atomic mass is 10.0. The maximum Gasteiger partial charge on any atom is 0.126 e. The lowest BCUT2D eigenvalue weighted by Gasteiger charge is -2.15. The quantitative estimate of drug-likeness (QED) is 0.592. The zero-order chi connectivity index (χ0) is 10.7. The minimum atomic E-state index is -0.0822. The molecule has 0 aliphatic heterocycles. The van der Waals surface area contributed by atoms with E-state index in [1.54, 1.807) is 6.26 Å². The third kappa shape index (κ3) is 1.93. The van der Waals surface area contributed by atoms with Crippen LogP contribution in [0.2, 0.25) is 0 Å². The molecule has 0 bridgehead atoms. The Hall–Kier alpha value is -1.58. The van der Waals surface area contributed by atoms with Crippen LogP contribution in [0.5, 0.6) is 0 Å². The fraction of sp³-hybridized carbons (Fsp3) is 0.167. The van der Waals surface area contributed by atoms with Crippen molar-refractivity contribution in [3.8, 4) is 0 Å². The first-order valence-corrected chi connectivity index (χ1v) is 4.88. The summed E-state index contributed by atoms with van der Waals surface area (Å²) in [6.07, 6.45) is 1.65. The molecule has 3 N–H and O–H groups in total. The monoisotopic (exact) mass is 202 g/mol. The Morgan fingerprint density at radius 3 is 2.60 bits per heavy atom. The number of nitrogens with one attached hydrogen (secondary N) is 1. The Bertz CT molecular complexity index is 423. The highest BCUT2D eigenvalue weighted by Crippen LogP contribution is 2.23. The molecular weight excluding hydrogens is 188 g/mol. The molecule has 2 rings (SSSR count). The predicted octanol–water partition coefficient (Wildman–Crippen LogP) is 2.14. The van der Waals surface area contributed by atoms with Crippen molar-refractivity contribution in [1.29, 1.82) is 0 Å². The van der Waals surface area contributed by atoms with Crippen LogP contribution in [-0.2, 0) is 0 Å². The minimum absolute atomic E-state index is 0.0822. The molecule has 0 radical (unpaired) electrons. The molecular formula is C12H14N2O. The highest BCUT2D eigenvalue weighted by atomic mass is 16.3. The first-order valence-electron chi connectivity index (χ1n) is 4.88. The molecule has 1 aromatic carbocycles. The van der Waals surface area contributed by atoms with E-state index in [1.807, 2.05) is 30.3 Å². The van der Waals surface area contributed by atoms with Gasteiger partial charge in [0.25, 0.3) is 0 Å². The minimum Gasteiger partial charge on any atom is -0.467 e. The largest absolute Gasteiger partial charge is 0.467 e. The smallest absolute Gasteiger partial charge is 0.126 e. The zero-order valence-electron chi connectivity index (χ0n) is 8.60. The van der Waals surface area contributed by atoms with Gasteiger partial charge >= 0.3 is 0 Å². The summed E-state index contributed by atoms with van der Waals surface area (Å²) in [7, 11) is 0. The van der Waals surface area contributed by atoms with E-state index >= 15 is 0 Å². The molecule has 0 saturated carbocycles. The average Bonchev–Trinajstić information content (AvgIpc) is 2.75. The first kappa shape index (κ1) is 9.96. The Morgan fingerprint density at radius 2 is 2.00 bits per heavy atom. The molecule has 0 spiro atoms. The van der Waals surface area contributed by atoms with Crippen LogP contribution in [0.15, 0.2) is 47.1 Å². The maximum absolute atomic E-state index is 5.55. The van der Waals surface area contributed by atoms with E-state index in [4.69, 9.17) is 10.3 Å². The molecule has 78 valence electrons. The van der Waals surface area contributed by atoms with E-state index in [1.165, 1.54) is 5.56 Å². The van der Waals surface area contributed by atoms with E-state index in [0.29, 0.717) is 0 Å². The molecule has 1 heterocycles. The highest BCUT2D eigenvalue weighted by molar-refractivity contribution is 5.33. The molecule has 0 saturated heterocycles. The number of benzene rings is 1. The summed E-state index contributed by atoms with van der Waals surface area (Å²) < 4.78 is 5.35. The fourth-order valence-electron chi connectivity index (χ4n) is 1.69. The number of hydrogen-bond donors (Lipinski definition) is 2. The van der Waals surface area contributed by atoms with Gasteiger partial charge in [-0.15, -0.1) is 0 Å². The molecule has 1 unspecified atom stereocenters. The van der Waals surface area contributed by atoms with Crippen molar-refractivity contribution >= 4 is 0 Å². The van der Waals surface area contributed by atoms with E-state index in [9.17, 15) is 0 Å². The van der Waals surface area contributed by atoms with E-state index in [-0.39, 0.29) is 6.04 Å². The topological polar surface area (TPSA) is 51.2 Å². The Balaban J connectivity index is 2.40. The van der Waals surface area contributed by atoms with Crippen LogP contribution in [0.1, 0.15) is 22.9 Å². The molecule has 0 fully saturated rings. The summed E-state index contributed by atoms with van der Waals surface area (Å²) in [6.45, 7) is 2.06. The summed E-state index contributed by atoms with van der Waals surface area (Å²) >= 11 is 0. The van der Waals surface area contributed by atoms with Crippen LogP contribution in [0.25, 0.3) is 0 Å². The van der Waals surface area contributed by atoms with Gasteiger partial charge in [-0.05, 0) is 30.2 Å². The fourth-order valence-corrected chi connectivity index (χ4v) is 1.69. The Morgan fingerprint density at radius 1 is 1.20 bits per heavy atom. The van der Waals surface area contributed by atoms with Crippen LogP contribution in [0.4, 0.5) is 0 Å². The van der Waals surface area contributed by atoms with Gasteiger partial charge < -0.3 is 4.42 Å². The number of nitrogens with two attached hydrogens (primary N) is 1. The van der Waals surface area contributed by atoms with Crippen LogP contribution in [-0.4, -0.2) is 0 Å². The van der Waals surface area contributed by atoms with Gasteiger partial charge in [-0.25, -0.2) is 5.43 Å².